The predicted molar refractivity (Wildman–Crippen MR) is 114 cm³/mol. The lowest BCUT2D eigenvalue weighted by atomic mass is 10.1. The molecule has 2 aromatic carbocycles. The average molecular weight is 462 g/mol. The number of aliphatic hydroxyl groups is 3. The fourth-order valence-electron chi connectivity index (χ4n) is 2.68. The summed E-state index contributed by atoms with van der Waals surface area (Å²) in [4.78, 5) is 41.6. The second-order valence-corrected chi connectivity index (χ2v) is 6.95. The lowest BCUT2D eigenvalue weighted by Crippen LogP contribution is -2.41. The van der Waals surface area contributed by atoms with Crippen molar-refractivity contribution in [3.63, 3.8) is 0 Å². The Morgan fingerprint density at radius 2 is 1.94 bits per heavy atom. The molecule has 0 bridgehead atoms. The van der Waals surface area contributed by atoms with Gasteiger partial charge in [-0.1, -0.05) is 11.6 Å². The molecule has 32 heavy (non-hydrogen) atoms. The standard InChI is InChI=1S/C19H16ClN5O7/c20-10-3-6-12-13(7-10)21-16(19(30)22-12)15(17(28)14(27)8-26)23-24-18(29)9-1-4-11(5-2-9)25(31)32/h1-7,14,17,26-28H,8H2,(H,22,30)(H,24,29)/b23-15-. The molecule has 0 radical (unpaired) electrons. The number of aliphatic hydroxyl groups excluding tert-OH is 3. The van der Waals surface area contributed by atoms with E-state index >= 15 is 0 Å². The summed E-state index contributed by atoms with van der Waals surface area (Å²) in [5.41, 5.74) is 0.729. The van der Waals surface area contributed by atoms with Gasteiger partial charge >= 0.3 is 0 Å². The van der Waals surface area contributed by atoms with Gasteiger partial charge in [0.05, 0.1) is 22.6 Å². The number of carbonyl (C=O) groups excluding carboxylic acids is 1. The van der Waals surface area contributed by atoms with Crippen molar-refractivity contribution in [1.29, 1.82) is 0 Å². The normalized spacial score (nSPS) is 13.6. The van der Waals surface area contributed by atoms with E-state index in [9.17, 15) is 35.0 Å². The van der Waals surface area contributed by atoms with Gasteiger partial charge in [-0.15, -0.1) is 0 Å². The van der Waals surface area contributed by atoms with Gasteiger partial charge in [-0.3, -0.25) is 19.7 Å². The van der Waals surface area contributed by atoms with Crippen LogP contribution in [-0.4, -0.2) is 60.6 Å². The van der Waals surface area contributed by atoms with Gasteiger partial charge in [0.15, 0.2) is 5.69 Å². The summed E-state index contributed by atoms with van der Waals surface area (Å²) < 4.78 is 0. The van der Waals surface area contributed by atoms with Crippen molar-refractivity contribution >= 4 is 39.9 Å². The topological polar surface area (TPSA) is 191 Å². The average Bonchev–Trinajstić information content (AvgIpc) is 2.78. The Balaban J connectivity index is 2.01. The van der Waals surface area contributed by atoms with E-state index in [1.54, 1.807) is 0 Å². The van der Waals surface area contributed by atoms with E-state index in [0.29, 0.717) is 10.5 Å². The Hall–Kier alpha value is -3.71. The highest BCUT2D eigenvalue weighted by molar-refractivity contribution is 6.31. The number of benzene rings is 2. The summed E-state index contributed by atoms with van der Waals surface area (Å²) >= 11 is 5.94. The molecule has 0 spiro atoms. The lowest BCUT2D eigenvalue weighted by molar-refractivity contribution is -0.384. The minimum absolute atomic E-state index is 0.00283. The maximum Gasteiger partial charge on any atom is 0.276 e. The summed E-state index contributed by atoms with van der Waals surface area (Å²) in [6, 6.07) is 9.09. The monoisotopic (exact) mass is 461 g/mol. The smallest absolute Gasteiger partial charge is 0.276 e. The van der Waals surface area contributed by atoms with Crippen LogP contribution in [-0.2, 0) is 0 Å². The number of H-pyrrole nitrogens is 1. The Morgan fingerprint density at radius 3 is 2.56 bits per heavy atom. The predicted octanol–water partition coefficient (Wildman–Crippen LogP) is 0.333. The van der Waals surface area contributed by atoms with Crippen molar-refractivity contribution < 1.29 is 25.0 Å². The molecule has 2 unspecified atom stereocenters. The van der Waals surface area contributed by atoms with Crippen molar-refractivity contribution in [3.05, 3.63) is 79.2 Å². The van der Waals surface area contributed by atoms with Gasteiger partial charge in [0.2, 0.25) is 0 Å². The third kappa shape index (κ3) is 4.95. The zero-order valence-corrected chi connectivity index (χ0v) is 16.9. The Bertz CT molecular complexity index is 1260. The summed E-state index contributed by atoms with van der Waals surface area (Å²) in [5, 5.41) is 44.2. The van der Waals surface area contributed by atoms with Gasteiger partial charge in [0.25, 0.3) is 17.2 Å². The van der Waals surface area contributed by atoms with E-state index in [4.69, 9.17) is 11.6 Å². The number of aromatic amines is 1. The molecule has 1 heterocycles. The number of non-ortho nitro benzene ring substituents is 1. The van der Waals surface area contributed by atoms with Crippen LogP contribution in [0.25, 0.3) is 11.0 Å². The molecule has 166 valence electrons. The van der Waals surface area contributed by atoms with Crippen LogP contribution in [0.4, 0.5) is 5.69 Å². The molecule has 1 aromatic heterocycles. The van der Waals surface area contributed by atoms with Gasteiger partial charge in [0.1, 0.15) is 17.9 Å². The van der Waals surface area contributed by atoms with Gasteiger partial charge in [-0.2, -0.15) is 5.10 Å². The molecule has 5 N–H and O–H groups in total. The quantitative estimate of drug-likeness (QED) is 0.189. The highest BCUT2D eigenvalue weighted by Gasteiger charge is 2.27. The van der Waals surface area contributed by atoms with E-state index in [1.807, 2.05) is 0 Å². The number of halogens is 1. The van der Waals surface area contributed by atoms with Crippen molar-refractivity contribution in [2.24, 2.45) is 5.10 Å². The summed E-state index contributed by atoms with van der Waals surface area (Å²) in [6.07, 6.45) is -3.62. The van der Waals surface area contributed by atoms with Crippen molar-refractivity contribution in [2.75, 3.05) is 6.61 Å². The van der Waals surface area contributed by atoms with Crippen LogP contribution < -0.4 is 11.0 Å². The molecular formula is C19H16ClN5O7. The van der Waals surface area contributed by atoms with Crippen LogP contribution in [0.1, 0.15) is 16.1 Å². The van der Waals surface area contributed by atoms with E-state index in [-0.39, 0.29) is 16.8 Å². The third-order valence-electron chi connectivity index (χ3n) is 4.35. The number of nitrogens with zero attached hydrogens (tertiary/aromatic N) is 3. The van der Waals surface area contributed by atoms with Gasteiger partial charge in [-0.05, 0) is 30.3 Å². The van der Waals surface area contributed by atoms with Crippen LogP contribution in [0, 0.1) is 10.1 Å². The number of aromatic nitrogens is 2. The first-order chi connectivity index (χ1) is 15.2. The van der Waals surface area contributed by atoms with Crippen molar-refractivity contribution in [1.82, 2.24) is 15.4 Å². The summed E-state index contributed by atoms with van der Waals surface area (Å²) in [5.74, 6) is -0.816. The number of nitrogens with one attached hydrogen (secondary N) is 2. The highest BCUT2D eigenvalue weighted by atomic mass is 35.5. The van der Waals surface area contributed by atoms with E-state index in [0.717, 1.165) is 12.1 Å². The van der Waals surface area contributed by atoms with Crippen molar-refractivity contribution in [3.8, 4) is 0 Å². The third-order valence-corrected chi connectivity index (χ3v) is 4.58. The number of amides is 1. The zero-order chi connectivity index (χ0) is 23.4. The number of carbonyl (C=O) groups is 1. The molecule has 1 amide bonds. The van der Waals surface area contributed by atoms with E-state index in [2.05, 4.69) is 20.5 Å². The SMILES string of the molecule is O=C(N/N=C(/c1nc2cc(Cl)ccc2[nH]c1=O)C(O)C(O)CO)c1ccc([N+](=O)[O-])cc1. The molecular weight excluding hydrogens is 446 g/mol. The number of hydrogen-bond acceptors (Lipinski definition) is 9. The Kier molecular flexibility index (Phi) is 6.90. The molecule has 0 fully saturated rings. The molecule has 12 nitrogen and oxygen atoms in total. The van der Waals surface area contributed by atoms with Crippen LogP contribution >= 0.6 is 11.6 Å². The number of nitro groups is 1. The second-order valence-electron chi connectivity index (χ2n) is 6.51. The Labute approximate surface area is 184 Å². The summed E-state index contributed by atoms with van der Waals surface area (Å²) in [6.45, 7) is -0.867. The molecule has 2 atom stereocenters. The van der Waals surface area contributed by atoms with Gasteiger partial charge < -0.3 is 20.3 Å². The van der Waals surface area contributed by atoms with Crippen molar-refractivity contribution in [2.45, 2.75) is 12.2 Å². The second kappa shape index (κ2) is 9.62. The Morgan fingerprint density at radius 1 is 1.25 bits per heavy atom. The number of rotatable bonds is 7. The van der Waals surface area contributed by atoms with Crippen LogP contribution in [0.15, 0.2) is 52.4 Å². The number of nitro benzene ring substituents is 1. The first-order valence-corrected chi connectivity index (χ1v) is 9.38. The number of hydrogen-bond donors (Lipinski definition) is 5. The maximum atomic E-state index is 12.5. The minimum atomic E-state index is -1.89. The first kappa shape index (κ1) is 23.0. The highest BCUT2D eigenvalue weighted by Crippen LogP contribution is 2.16. The van der Waals surface area contributed by atoms with Crippen LogP contribution in [0.2, 0.25) is 5.02 Å². The van der Waals surface area contributed by atoms with Crippen LogP contribution in [0.5, 0.6) is 0 Å². The summed E-state index contributed by atoms with van der Waals surface area (Å²) in [7, 11) is 0. The largest absolute Gasteiger partial charge is 0.394 e. The van der Waals surface area contributed by atoms with Gasteiger partial charge in [-0.25, -0.2) is 10.4 Å². The number of hydrazone groups is 1. The molecule has 0 aliphatic carbocycles. The number of fused-ring (bicyclic) bond motifs is 1. The molecule has 13 heteroatoms. The molecule has 0 aliphatic rings. The van der Waals surface area contributed by atoms with E-state index in [1.165, 1.54) is 30.3 Å². The molecule has 3 rings (SSSR count). The minimum Gasteiger partial charge on any atom is -0.394 e. The molecule has 0 aliphatic heterocycles. The molecule has 0 saturated carbocycles. The van der Waals surface area contributed by atoms with Crippen LogP contribution in [0.3, 0.4) is 0 Å². The molecule has 3 aromatic rings. The maximum absolute atomic E-state index is 12.5. The zero-order valence-electron chi connectivity index (χ0n) is 16.1. The van der Waals surface area contributed by atoms with Gasteiger partial charge in [0, 0.05) is 22.7 Å². The van der Waals surface area contributed by atoms with E-state index < -0.39 is 46.6 Å². The molecule has 0 saturated heterocycles. The lowest BCUT2D eigenvalue weighted by Gasteiger charge is -2.17. The fraction of sp³-hybridized carbons (Fsp3) is 0.158. The fourth-order valence-corrected chi connectivity index (χ4v) is 2.85. The first-order valence-electron chi connectivity index (χ1n) is 9.00.